The third-order valence-corrected chi connectivity index (χ3v) is 20.0. The highest BCUT2D eigenvalue weighted by Gasteiger charge is 2.20. The van der Waals surface area contributed by atoms with E-state index >= 15 is 0 Å². The molecule has 0 amide bonds. The van der Waals surface area contributed by atoms with E-state index in [9.17, 15) is 0 Å². The molecule has 0 aliphatic heterocycles. The van der Waals surface area contributed by atoms with Crippen LogP contribution in [0.5, 0.6) is 0 Å². The first-order valence-electron chi connectivity index (χ1n) is 32.3. The molecule has 0 fully saturated rings. The molecule has 0 spiro atoms. The van der Waals surface area contributed by atoms with Crippen LogP contribution in [0.4, 0.5) is 0 Å². The van der Waals surface area contributed by atoms with Crippen molar-refractivity contribution in [3.63, 3.8) is 0 Å². The molecule has 23 aromatic rings. The first-order valence-corrected chi connectivity index (χ1v) is 32.3. The Labute approximate surface area is 536 Å². The second-order valence-corrected chi connectivity index (χ2v) is 26.2. The van der Waals surface area contributed by atoms with Crippen molar-refractivity contribution < 1.29 is 0 Å². The number of H-pyrrole nitrogens is 16. The van der Waals surface area contributed by atoms with Crippen LogP contribution in [0, 0.1) is 0 Å². The van der Waals surface area contributed by atoms with E-state index in [4.69, 9.17) is 0 Å². The van der Waals surface area contributed by atoms with E-state index in [0.29, 0.717) is 0 Å². The van der Waals surface area contributed by atoms with E-state index < -0.39 is 0 Å². The van der Waals surface area contributed by atoms with Crippen LogP contribution in [0.1, 0.15) is 0 Å². The van der Waals surface area contributed by atoms with Gasteiger partial charge < -0.3 is 79.7 Å². The Morgan fingerprint density at radius 3 is 0.417 bits per heavy atom. The molecule has 0 saturated carbocycles. The average Bonchev–Trinajstić information content (AvgIpc) is 1.57. The molecule has 16 N–H and O–H groups in total. The number of benzene rings is 3. The van der Waals surface area contributed by atoms with E-state index in [1.54, 1.807) is 0 Å². The number of aromatic amines is 16. The molecule has 23 rings (SSSR count). The summed E-state index contributed by atoms with van der Waals surface area (Å²) in [4.78, 5) is 61.5. The maximum atomic E-state index is 4.00. The van der Waals surface area contributed by atoms with Gasteiger partial charge in [-0.05, 0) is 218 Å². The number of hydrogen-bond acceptors (Lipinski definition) is 0. The van der Waals surface area contributed by atoms with E-state index in [-0.39, 0.29) is 0 Å². The fraction of sp³-hybridized carbons (Fsp3) is 0. The zero-order valence-corrected chi connectivity index (χ0v) is 50.8. The largest absolute Gasteiger partial charge is 0.355 e. The van der Waals surface area contributed by atoms with Crippen molar-refractivity contribution in [1.29, 1.82) is 0 Å². The highest BCUT2D eigenvalue weighted by molar-refractivity contribution is 6.34. The molecule has 0 unspecified atom stereocenters. The van der Waals surface area contributed by atoms with Crippen molar-refractivity contribution in [2.75, 3.05) is 0 Å². The Hall–Kier alpha value is -13.6. The average molecular weight is 1240 g/mol. The van der Waals surface area contributed by atoms with Crippen molar-refractivity contribution in [3.8, 4) is 0 Å². The van der Waals surface area contributed by atoms with Gasteiger partial charge in [0.1, 0.15) is 0 Å². The molecule has 20 aromatic heterocycles. The first-order chi connectivity index (χ1) is 47.3. The highest BCUT2D eigenvalue weighted by Crippen LogP contribution is 2.44. The van der Waals surface area contributed by atoms with Crippen LogP contribution in [0.3, 0.4) is 0 Å². The third-order valence-electron chi connectivity index (χ3n) is 20.0. The zero-order chi connectivity index (χ0) is 62.2. The normalized spacial score (nSPS) is 12.6. The van der Waals surface area contributed by atoms with Gasteiger partial charge in [-0.3, -0.25) is 0 Å². The standard InChI is InChI=1S/C80H52N16/c1-3-41-23-45-9-15-63(85-45)69-59-33-53-27-49-13-19-67(89-49)73-61-36-56-30-48-12-18-66(88-48)72-58-32-52-26-44-8-6-40(84-44)22-38-2-4-42(82-38)24-46-10-16-64(86-46)70(76(58)92-52)60-34-54(94-78(60)72)28-50-14-20-68(90-50)74(80(61)96-56)62-35-55(95-79(62)73)29-47-11-17-65(87-47)71(77(59)93-53)57-31-51(91-75(57)69)25-43-7-5-39(83-43)21-37(1)81-41/h1-36,81-96H. The minimum Gasteiger partial charge on any atom is -0.355 e. The predicted octanol–water partition coefficient (Wildman–Crippen LogP) is 21.4. The number of rotatable bonds is 0. The smallest absolute Gasteiger partial charge is 0.0567 e. The molecule has 0 radical (unpaired) electrons. The summed E-state index contributed by atoms with van der Waals surface area (Å²) < 4.78 is 0. The lowest BCUT2D eigenvalue weighted by Crippen LogP contribution is -1.81. The van der Waals surface area contributed by atoms with Gasteiger partial charge in [0.2, 0.25) is 0 Å². The Morgan fingerprint density at radius 1 is 0.115 bits per heavy atom. The number of nitrogens with one attached hydrogen (secondary N) is 16. The third kappa shape index (κ3) is 7.48. The van der Waals surface area contributed by atoms with Gasteiger partial charge in [0.05, 0.1) is 33.1 Å². The van der Waals surface area contributed by atoms with Crippen LogP contribution in [0.15, 0.2) is 218 Å². The van der Waals surface area contributed by atoms with Crippen LogP contribution in [-0.2, 0) is 0 Å². The summed E-state index contributed by atoms with van der Waals surface area (Å²) >= 11 is 0. The lowest BCUT2D eigenvalue weighted by Gasteiger charge is -2.03. The SMILES string of the molecule is c1cc2cc3ccc([nH]3)c3c4cc5cc6ccc([nH]6)c6c7cc8cc9ccc([nH]9)c9c%10cc%11cc%12ccc(cc%13ccc(cc%14ccc([nH]%14)c(c%14cc(cc%15ccc([nH]%15)c(c%15cc(cc%16ccc([nH]%16)c(c%16cc(cc%17ccc(cc1[nH]2)[nH]%17)[nH]c%163)c4[nH]5)[nH]c%156)c7[nH]8)[nH]c%149)c%10[nH]%11)[nH]%13)[nH]%12. The van der Waals surface area contributed by atoms with Crippen molar-refractivity contribution in [2.45, 2.75) is 0 Å². The maximum absolute atomic E-state index is 4.00. The fourth-order valence-electron chi connectivity index (χ4n) is 16.1. The van der Waals surface area contributed by atoms with Crippen molar-refractivity contribution in [2.24, 2.45) is 0 Å². The second kappa shape index (κ2) is 18.1. The number of hydrogen-bond donors (Lipinski definition) is 16. The van der Waals surface area contributed by atoms with Crippen molar-refractivity contribution in [3.05, 3.63) is 218 Å². The molecule has 0 saturated heterocycles. The summed E-state index contributed by atoms with van der Waals surface area (Å²) in [5.74, 6) is 0. The van der Waals surface area contributed by atoms with Gasteiger partial charge >= 0.3 is 0 Å². The number of fused-ring (bicyclic) bond motifs is 38. The molecule has 16 nitrogen and oxygen atoms in total. The van der Waals surface area contributed by atoms with Gasteiger partial charge in [0, 0.05) is 208 Å². The lowest BCUT2D eigenvalue weighted by atomic mass is 10.0. The van der Waals surface area contributed by atoms with Gasteiger partial charge in [0.25, 0.3) is 0 Å². The second-order valence-electron chi connectivity index (χ2n) is 26.2. The van der Waals surface area contributed by atoms with E-state index in [0.717, 1.165) is 241 Å². The topological polar surface area (TPSA) is 253 Å². The Morgan fingerprint density at radius 2 is 0.250 bits per heavy atom. The molecule has 0 atom stereocenters. The van der Waals surface area contributed by atoms with Crippen LogP contribution >= 0.6 is 0 Å². The summed E-state index contributed by atoms with van der Waals surface area (Å²) in [7, 11) is 0. The summed E-state index contributed by atoms with van der Waals surface area (Å²) in [6, 6.07) is 79.0. The molecule has 0 aliphatic carbocycles. The monoisotopic (exact) mass is 1240 g/mol. The van der Waals surface area contributed by atoms with Crippen LogP contribution in [-0.4, -0.2) is 79.7 Å². The van der Waals surface area contributed by atoms with E-state index in [2.05, 4.69) is 298 Å². The zero-order valence-electron chi connectivity index (χ0n) is 50.8. The Bertz CT molecular complexity index is 7280. The van der Waals surface area contributed by atoms with Gasteiger partial charge in [-0.2, -0.15) is 0 Å². The minimum absolute atomic E-state index is 0.959. The molecule has 0 aliphatic rings. The van der Waals surface area contributed by atoms with Crippen molar-refractivity contribution in [1.82, 2.24) is 79.7 Å². The summed E-state index contributed by atoms with van der Waals surface area (Å²) in [6.07, 6.45) is 0. The van der Waals surface area contributed by atoms with Crippen LogP contribution in [0.25, 0.3) is 241 Å². The Kier molecular flexibility index (Phi) is 9.46. The van der Waals surface area contributed by atoms with Gasteiger partial charge in [-0.25, -0.2) is 0 Å². The molecule has 20 heterocycles. The maximum Gasteiger partial charge on any atom is 0.0567 e. The molecule has 16 heteroatoms. The minimum atomic E-state index is 0.959. The first kappa shape index (κ1) is 50.1. The van der Waals surface area contributed by atoms with Gasteiger partial charge in [-0.1, -0.05) is 0 Å². The van der Waals surface area contributed by atoms with Crippen LogP contribution < -0.4 is 0 Å². The fourth-order valence-corrected chi connectivity index (χ4v) is 16.1. The summed E-state index contributed by atoms with van der Waals surface area (Å²) in [5, 5.41) is 12.9. The molecule has 3 aromatic carbocycles. The van der Waals surface area contributed by atoms with Gasteiger partial charge in [0.15, 0.2) is 0 Å². The molecule has 452 valence electrons. The summed E-state index contributed by atoms with van der Waals surface area (Å²) in [5.41, 5.74) is 31.9. The lowest BCUT2D eigenvalue weighted by molar-refractivity contribution is 1.50. The van der Waals surface area contributed by atoms with Crippen molar-refractivity contribution >= 4 is 241 Å². The van der Waals surface area contributed by atoms with E-state index in [1.165, 1.54) is 0 Å². The molecular weight excluding hydrogens is 1180 g/mol. The molecule has 96 heavy (non-hydrogen) atoms. The summed E-state index contributed by atoms with van der Waals surface area (Å²) in [6.45, 7) is 0. The quantitative estimate of drug-likeness (QED) is 0.0677. The predicted molar refractivity (Wildman–Crippen MR) is 401 cm³/mol. The van der Waals surface area contributed by atoms with E-state index in [1.807, 2.05) is 0 Å². The molecule has 32 bridgehead atoms. The van der Waals surface area contributed by atoms with Gasteiger partial charge in [-0.15, -0.1) is 0 Å². The number of aromatic nitrogens is 16. The highest BCUT2D eigenvalue weighted by atomic mass is 14.8. The Balaban J connectivity index is 0.803. The molecular formula is C80H52N16. The van der Waals surface area contributed by atoms with Crippen LogP contribution in [0.2, 0.25) is 0 Å².